The molecule has 2 aromatic carbocycles. The van der Waals surface area contributed by atoms with Gasteiger partial charge in [-0.1, -0.05) is 24.3 Å². The topological polar surface area (TPSA) is 107 Å². The second-order valence-corrected chi connectivity index (χ2v) is 6.91. The first-order valence-corrected chi connectivity index (χ1v) is 9.61. The quantitative estimate of drug-likeness (QED) is 0.425. The third-order valence-electron chi connectivity index (χ3n) is 4.96. The molecular weight excluding hydrogens is 411 g/mol. The molecule has 0 atom stereocenters. The summed E-state index contributed by atoms with van der Waals surface area (Å²) >= 11 is 0. The third-order valence-corrected chi connectivity index (χ3v) is 4.96. The lowest BCUT2D eigenvalue weighted by Crippen LogP contribution is -2.05. The van der Waals surface area contributed by atoms with E-state index in [0.29, 0.717) is 28.0 Å². The van der Waals surface area contributed by atoms with Crippen LogP contribution in [0.3, 0.4) is 0 Å². The molecule has 0 saturated carbocycles. The van der Waals surface area contributed by atoms with E-state index in [0.717, 1.165) is 0 Å². The van der Waals surface area contributed by atoms with Gasteiger partial charge in [-0.25, -0.2) is 13.9 Å². The summed E-state index contributed by atoms with van der Waals surface area (Å²) in [6.07, 6.45) is 2.96. The van der Waals surface area contributed by atoms with E-state index in [-0.39, 0.29) is 23.9 Å². The van der Waals surface area contributed by atoms with Gasteiger partial charge in [-0.3, -0.25) is 4.68 Å². The molecule has 0 saturated heterocycles. The largest absolute Gasteiger partial charge is 0.468 e. The highest BCUT2D eigenvalue weighted by atomic mass is 19.1. The Morgan fingerprint density at radius 3 is 2.81 bits per heavy atom. The zero-order chi connectivity index (χ0) is 22.1. The van der Waals surface area contributed by atoms with Crippen molar-refractivity contribution < 1.29 is 9.13 Å². The molecule has 0 aliphatic rings. The molecule has 5 rings (SSSR count). The first kappa shape index (κ1) is 19.3. The van der Waals surface area contributed by atoms with Gasteiger partial charge in [-0.15, -0.1) is 10.2 Å². The van der Waals surface area contributed by atoms with E-state index >= 15 is 0 Å². The van der Waals surface area contributed by atoms with E-state index in [9.17, 15) is 9.65 Å². The Morgan fingerprint density at radius 1 is 1.16 bits per heavy atom. The van der Waals surface area contributed by atoms with Gasteiger partial charge in [0.05, 0.1) is 29.0 Å². The Bertz CT molecular complexity index is 1480. The molecule has 3 aromatic heterocycles. The van der Waals surface area contributed by atoms with Gasteiger partial charge in [0.15, 0.2) is 11.6 Å². The van der Waals surface area contributed by atoms with Crippen molar-refractivity contribution in [1.29, 1.82) is 5.26 Å². The van der Waals surface area contributed by atoms with Crippen LogP contribution in [0.4, 0.5) is 4.39 Å². The number of nitrogens with zero attached hydrogens (tertiary/aromatic N) is 8. The van der Waals surface area contributed by atoms with E-state index in [4.69, 9.17) is 4.74 Å². The van der Waals surface area contributed by atoms with Gasteiger partial charge in [0.1, 0.15) is 24.3 Å². The molecule has 156 valence electrons. The van der Waals surface area contributed by atoms with Crippen LogP contribution in [0.15, 0.2) is 61.1 Å². The van der Waals surface area contributed by atoms with Crippen LogP contribution in [-0.2, 0) is 13.7 Å². The van der Waals surface area contributed by atoms with Crippen LogP contribution in [0.2, 0.25) is 0 Å². The Morgan fingerprint density at radius 2 is 2.03 bits per heavy atom. The fraction of sp³-hybridized carbons (Fsp3) is 0.0909. The molecule has 0 spiro atoms. The van der Waals surface area contributed by atoms with Gasteiger partial charge in [0.25, 0.3) is 0 Å². The Hall–Kier alpha value is -4.65. The van der Waals surface area contributed by atoms with E-state index in [2.05, 4.69) is 31.4 Å². The summed E-state index contributed by atoms with van der Waals surface area (Å²) in [4.78, 5) is 4.17. The number of hydrogen-bond donors (Lipinski definition) is 0. The molecule has 0 amide bonds. The average molecular weight is 426 g/mol. The third kappa shape index (κ3) is 3.31. The number of halogens is 1. The summed E-state index contributed by atoms with van der Waals surface area (Å²) in [7, 11) is 1.76. The van der Waals surface area contributed by atoms with Crippen molar-refractivity contribution in [2.45, 2.75) is 6.61 Å². The fourth-order valence-electron chi connectivity index (χ4n) is 3.38. The summed E-state index contributed by atoms with van der Waals surface area (Å²) in [5.74, 6) is 0.658. The van der Waals surface area contributed by atoms with Gasteiger partial charge in [0.2, 0.25) is 5.88 Å². The molecule has 3 heterocycles. The first-order chi connectivity index (χ1) is 15.7. The number of fused-ring (bicyclic) bond motifs is 1. The fourth-order valence-corrected chi connectivity index (χ4v) is 3.38. The van der Waals surface area contributed by atoms with Crippen LogP contribution in [0.5, 0.6) is 5.88 Å². The Balaban J connectivity index is 1.71. The van der Waals surface area contributed by atoms with Crippen LogP contribution in [0, 0.1) is 17.1 Å². The van der Waals surface area contributed by atoms with Gasteiger partial charge in [0, 0.05) is 7.05 Å². The van der Waals surface area contributed by atoms with Gasteiger partial charge < -0.3 is 4.74 Å². The maximum Gasteiger partial charge on any atom is 0.242 e. The lowest BCUT2D eigenvalue weighted by atomic mass is 10.0. The average Bonchev–Trinajstić information content (AvgIpc) is 3.40. The number of benzene rings is 2. The van der Waals surface area contributed by atoms with Crippen LogP contribution in [0.1, 0.15) is 11.4 Å². The number of aryl methyl sites for hydroxylation is 1. The monoisotopic (exact) mass is 426 g/mol. The number of rotatable bonds is 5. The van der Waals surface area contributed by atoms with Crippen molar-refractivity contribution in [3.05, 3.63) is 78.3 Å². The van der Waals surface area contributed by atoms with E-state index < -0.39 is 5.82 Å². The summed E-state index contributed by atoms with van der Waals surface area (Å²) < 4.78 is 23.6. The molecule has 0 bridgehead atoms. The van der Waals surface area contributed by atoms with Crippen molar-refractivity contribution in [2.24, 2.45) is 7.05 Å². The number of ether oxygens (including phenoxy) is 1. The summed E-state index contributed by atoms with van der Waals surface area (Å²) in [6.45, 7) is 0.112. The highest BCUT2D eigenvalue weighted by Gasteiger charge is 2.21. The van der Waals surface area contributed by atoms with E-state index in [1.807, 2.05) is 6.07 Å². The number of nitriles is 1. The Labute approximate surface area is 181 Å². The predicted molar refractivity (Wildman–Crippen MR) is 112 cm³/mol. The SMILES string of the molecule is Cn1ncnc1COc1nn2c(-c3ccccc3F)nncc2c1-c1cccc(C#N)c1. The zero-order valence-corrected chi connectivity index (χ0v) is 16.8. The van der Waals surface area contributed by atoms with Crippen molar-refractivity contribution in [1.82, 2.24) is 34.6 Å². The minimum atomic E-state index is -0.445. The molecule has 0 radical (unpaired) electrons. The first-order valence-electron chi connectivity index (χ1n) is 9.61. The van der Waals surface area contributed by atoms with Crippen LogP contribution in [0.25, 0.3) is 28.0 Å². The standard InChI is InChI=1S/C22H15FN8O/c1-30-19(25-13-27-30)12-32-22-20(15-6-4-5-14(9-15)10-24)18-11-26-28-21(31(18)29-22)16-7-2-3-8-17(16)23/h2-9,11,13H,12H2,1H3. The second-order valence-electron chi connectivity index (χ2n) is 6.91. The van der Waals surface area contributed by atoms with Crippen LogP contribution < -0.4 is 4.74 Å². The maximum absolute atomic E-state index is 14.5. The molecule has 0 unspecified atom stereocenters. The molecule has 32 heavy (non-hydrogen) atoms. The molecule has 0 aliphatic heterocycles. The minimum absolute atomic E-state index is 0.112. The maximum atomic E-state index is 14.5. The molecule has 0 aliphatic carbocycles. The van der Waals surface area contributed by atoms with Gasteiger partial charge in [-0.05, 0) is 29.8 Å². The summed E-state index contributed by atoms with van der Waals surface area (Å²) in [6, 6.07) is 15.5. The van der Waals surface area contributed by atoms with E-state index in [1.54, 1.807) is 48.1 Å². The van der Waals surface area contributed by atoms with E-state index in [1.165, 1.54) is 23.1 Å². The Kier molecular flexibility index (Phi) is 4.76. The molecule has 5 aromatic rings. The lowest BCUT2D eigenvalue weighted by Gasteiger charge is -2.06. The van der Waals surface area contributed by atoms with Gasteiger partial charge >= 0.3 is 0 Å². The summed E-state index contributed by atoms with van der Waals surface area (Å²) in [5.41, 5.74) is 2.61. The van der Waals surface area contributed by atoms with Crippen molar-refractivity contribution >= 4 is 5.52 Å². The van der Waals surface area contributed by atoms with Gasteiger partial charge in [-0.2, -0.15) is 15.5 Å². The molecule has 0 fully saturated rings. The lowest BCUT2D eigenvalue weighted by molar-refractivity contribution is 0.278. The number of aromatic nitrogens is 7. The van der Waals surface area contributed by atoms with Crippen molar-refractivity contribution in [3.63, 3.8) is 0 Å². The summed E-state index contributed by atoms with van der Waals surface area (Å²) in [5, 5.41) is 26.1. The van der Waals surface area contributed by atoms with Crippen molar-refractivity contribution in [3.8, 4) is 34.5 Å². The molecule has 10 heteroatoms. The molecule has 0 N–H and O–H groups in total. The second kappa shape index (κ2) is 7.88. The smallest absolute Gasteiger partial charge is 0.242 e. The molecule has 9 nitrogen and oxygen atoms in total. The number of hydrogen-bond acceptors (Lipinski definition) is 7. The van der Waals surface area contributed by atoms with Crippen LogP contribution >= 0.6 is 0 Å². The van der Waals surface area contributed by atoms with Crippen molar-refractivity contribution in [2.75, 3.05) is 0 Å². The van der Waals surface area contributed by atoms with Crippen LogP contribution in [-0.4, -0.2) is 34.6 Å². The normalized spacial score (nSPS) is 10.9. The minimum Gasteiger partial charge on any atom is -0.468 e. The highest BCUT2D eigenvalue weighted by Crippen LogP contribution is 2.36. The predicted octanol–water partition coefficient (Wildman–Crippen LogP) is 3.18. The highest BCUT2D eigenvalue weighted by molar-refractivity contribution is 5.85. The molecular formula is C22H15FN8O. The zero-order valence-electron chi connectivity index (χ0n) is 16.8.